The second kappa shape index (κ2) is 9.58. The van der Waals surface area contributed by atoms with Crippen LogP contribution in [0.25, 0.3) is 0 Å². The third kappa shape index (κ3) is 5.89. The van der Waals surface area contributed by atoms with Crippen LogP contribution in [0.2, 0.25) is 5.02 Å². The Kier molecular flexibility index (Phi) is 7.17. The molecular formula is C19H19ClN2O4. The molecule has 136 valence electrons. The SMILES string of the molecule is COC(=O)CNC(=O)c1ccc(NC(=O)CCc2ccccc2Cl)cc1. The summed E-state index contributed by atoms with van der Waals surface area (Å²) < 4.78 is 4.45. The molecule has 0 atom stereocenters. The van der Waals surface area contributed by atoms with Gasteiger partial charge in [-0.05, 0) is 42.3 Å². The summed E-state index contributed by atoms with van der Waals surface area (Å²) >= 11 is 6.07. The minimum Gasteiger partial charge on any atom is -0.468 e. The van der Waals surface area contributed by atoms with E-state index in [1.165, 1.54) is 7.11 Å². The third-order valence-electron chi connectivity index (χ3n) is 3.63. The summed E-state index contributed by atoms with van der Waals surface area (Å²) in [5.41, 5.74) is 1.88. The van der Waals surface area contributed by atoms with E-state index in [0.717, 1.165) is 5.56 Å². The van der Waals surface area contributed by atoms with Crippen molar-refractivity contribution in [2.24, 2.45) is 0 Å². The van der Waals surface area contributed by atoms with Crippen LogP contribution in [0.4, 0.5) is 5.69 Å². The van der Waals surface area contributed by atoms with Crippen LogP contribution < -0.4 is 10.6 Å². The first kappa shape index (κ1) is 19.5. The molecule has 0 unspecified atom stereocenters. The lowest BCUT2D eigenvalue weighted by molar-refractivity contribution is -0.139. The van der Waals surface area contributed by atoms with E-state index in [2.05, 4.69) is 15.4 Å². The Bertz CT molecular complexity index is 790. The Balaban J connectivity index is 1.84. The second-order valence-corrected chi connectivity index (χ2v) is 5.88. The number of methoxy groups -OCH3 is 1. The average Bonchev–Trinajstić information content (AvgIpc) is 2.65. The van der Waals surface area contributed by atoms with Crippen molar-refractivity contribution in [3.8, 4) is 0 Å². The highest BCUT2D eigenvalue weighted by Crippen LogP contribution is 2.17. The van der Waals surface area contributed by atoms with Crippen molar-refractivity contribution in [1.29, 1.82) is 0 Å². The number of carbonyl (C=O) groups excluding carboxylic acids is 3. The summed E-state index contributed by atoms with van der Waals surface area (Å²) in [7, 11) is 1.25. The molecule has 2 amide bonds. The van der Waals surface area contributed by atoms with Crippen molar-refractivity contribution in [2.45, 2.75) is 12.8 Å². The van der Waals surface area contributed by atoms with E-state index in [-0.39, 0.29) is 12.5 Å². The molecule has 0 aliphatic rings. The predicted octanol–water partition coefficient (Wildman–Crippen LogP) is 2.81. The van der Waals surface area contributed by atoms with Crippen molar-refractivity contribution < 1.29 is 19.1 Å². The molecule has 0 fully saturated rings. The number of anilines is 1. The number of carbonyl (C=O) groups is 3. The Morgan fingerprint density at radius 3 is 2.38 bits per heavy atom. The number of halogens is 1. The first-order chi connectivity index (χ1) is 12.5. The van der Waals surface area contributed by atoms with Gasteiger partial charge >= 0.3 is 5.97 Å². The largest absolute Gasteiger partial charge is 0.468 e. The van der Waals surface area contributed by atoms with Crippen molar-refractivity contribution in [2.75, 3.05) is 19.0 Å². The number of esters is 1. The summed E-state index contributed by atoms with van der Waals surface area (Å²) in [6.45, 7) is -0.199. The number of nitrogens with one attached hydrogen (secondary N) is 2. The van der Waals surface area contributed by atoms with Gasteiger partial charge in [-0.2, -0.15) is 0 Å². The lowest BCUT2D eigenvalue weighted by atomic mass is 10.1. The molecule has 0 bridgehead atoms. The van der Waals surface area contributed by atoms with Crippen molar-refractivity contribution >= 4 is 35.1 Å². The highest BCUT2D eigenvalue weighted by molar-refractivity contribution is 6.31. The molecule has 2 aromatic carbocycles. The van der Waals surface area contributed by atoms with E-state index in [4.69, 9.17) is 11.6 Å². The van der Waals surface area contributed by atoms with Gasteiger partial charge in [0, 0.05) is 22.7 Å². The van der Waals surface area contributed by atoms with Gasteiger partial charge < -0.3 is 15.4 Å². The van der Waals surface area contributed by atoms with E-state index < -0.39 is 11.9 Å². The maximum Gasteiger partial charge on any atom is 0.325 e. The van der Waals surface area contributed by atoms with Gasteiger partial charge in [0.1, 0.15) is 6.54 Å². The maximum absolute atomic E-state index is 12.0. The number of ether oxygens (including phenoxy) is 1. The number of amides is 2. The summed E-state index contributed by atoms with van der Waals surface area (Å²) in [4.78, 5) is 34.9. The highest BCUT2D eigenvalue weighted by Gasteiger charge is 2.09. The molecule has 0 saturated carbocycles. The Hall–Kier alpha value is -2.86. The molecule has 7 heteroatoms. The third-order valence-corrected chi connectivity index (χ3v) is 4.00. The summed E-state index contributed by atoms with van der Waals surface area (Å²) in [5, 5.41) is 5.85. The fourth-order valence-corrected chi connectivity index (χ4v) is 2.43. The molecule has 26 heavy (non-hydrogen) atoms. The first-order valence-corrected chi connectivity index (χ1v) is 8.35. The maximum atomic E-state index is 12.0. The summed E-state index contributed by atoms with van der Waals surface area (Å²) in [6, 6.07) is 13.8. The predicted molar refractivity (Wildman–Crippen MR) is 99.2 cm³/mol. The average molecular weight is 375 g/mol. The monoisotopic (exact) mass is 374 g/mol. The van der Waals surface area contributed by atoms with Gasteiger partial charge in [-0.15, -0.1) is 0 Å². The number of benzene rings is 2. The van der Waals surface area contributed by atoms with Crippen molar-refractivity contribution in [3.63, 3.8) is 0 Å². The van der Waals surface area contributed by atoms with Crippen LogP contribution >= 0.6 is 11.6 Å². The molecule has 0 radical (unpaired) electrons. The topological polar surface area (TPSA) is 84.5 Å². The van der Waals surface area contributed by atoms with E-state index in [1.54, 1.807) is 30.3 Å². The standard InChI is InChI=1S/C19H19ClN2O4/c1-26-18(24)12-21-19(25)14-6-9-15(10-7-14)22-17(23)11-8-13-4-2-3-5-16(13)20/h2-7,9-10H,8,11-12H2,1H3,(H,21,25)(H,22,23). The molecule has 0 spiro atoms. The number of aryl methyl sites for hydroxylation is 1. The van der Waals surface area contributed by atoms with Crippen LogP contribution in [0.1, 0.15) is 22.3 Å². The van der Waals surface area contributed by atoms with E-state index in [0.29, 0.717) is 29.1 Å². The van der Waals surface area contributed by atoms with Gasteiger partial charge in [0.2, 0.25) is 5.91 Å². The van der Waals surface area contributed by atoms with Gasteiger partial charge in [0.15, 0.2) is 0 Å². The summed E-state index contributed by atoms with van der Waals surface area (Å²) in [6.07, 6.45) is 0.838. The van der Waals surface area contributed by atoms with Crippen LogP contribution in [0.5, 0.6) is 0 Å². The fraction of sp³-hybridized carbons (Fsp3) is 0.211. The molecule has 2 aromatic rings. The van der Waals surface area contributed by atoms with Crippen molar-refractivity contribution in [1.82, 2.24) is 5.32 Å². The lowest BCUT2D eigenvalue weighted by Gasteiger charge is -2.08. The lowest BCUT2D eigenvalue weighted by Crippen LogP contribution is -2.30. The number of hydrogen-bond donors (Lipinski definition) is 2. The minimum atomic E-state index is -0.527. The van der Waals surface area contributed by atoms with Gasteiger partial charge in [-0.1, -0.05) is 29.8 Å². The quantitative estimate of drug-likeness (QED) is 0.730. The molecule has 2 N–H and O–H groups in total. The Morgan fingerprint density at radius 2 is 1.73 bits per heavy atom. The molecule has 0 heterocycles. The van der Waals surface area contributed by atoms with Gasteiger partial charge in [0.25, 0.3) is 5.91 Å². The molecule has 0 aliphatic heterocycles. The van der Waals surface area contributed by atoms with Crippen molar-refractivity contribution in [3.05, 3.63) is 64.7 Å². The summed E-state index contributed by atoms with van der Waals surface area (Å²) in [5.74, 6) is -1.07. The minimum absolute atomic E-state index is 0.146. The zero-order valence-electron chi connectivity index (χ0n) is 14.3. The molecule has 2 rings (SSSR count). The smallest absolute Gasteiger partial charge is 0.325 e. The first-order valence-electron chi connectivity index (χ1n) is 7.98. The molecular weight excluding hydrogens is 356 g/mol. The van der Waals surface area contributed by atoms with Crippen LogP contribution in [0.15, 0.2) is 48.5 Å². The number of rotatable bonds is 7. The second-order valence-electron chi connectivity index (χ2n) is 5.48. The highest BCUT2D eigenvalue weighted by atomic mass is 35.5. The number of hydrogen-bond acceptors (Lipinski definition) is 4. The van der Waals surface area contributed by atoms with Crippen LogP contribution in [-0.2, 0) is 20.7 Å². The molecule has 6 nitrogen and oxygen atoms in total. The van der Waals surface area contributed by atoms with E-state index in [9.17, 15) is 14.4 Å². The van der Waals surface area contributed by atoms with Crippen LogP contribution in [-0.4, -0.2) is 31.4 Å². The van der Waals surface area contributed by atoms with Gasteiger partial charge in [-0.25, -0.2) is 0 Å². The fourth-order valence-electron chi connectivity index (χ4n) is 2.20. The zero-order chi connectivity index (χ0) is 18.9. The molecule has 0 aromatic heterocycles. The van der Waals surface area contributed by atoms with E-state index in [1.807, 2.05) is 18.2 Å². The molecule has 0 aliphatic carbocycles. The van der Waals surface area contributed by atoms with Gasteiger partial charge in [-0.3, -0.25) is 14.4 Å². The Morgan fingerprint density at radius 1 is 1.04 bits per heavy atom. The normalized spacial score (nSPS) is 10.1. The van der Waals surface area contributed by atoms with Gasteiger partial charge in [0.05, 0.1) is 7.11 Å². The van der Waals surface area contributed by atoms with E-state index >= 15 is 0 Å². The van der Waals surface area contributed by atoms with Crippen LogP contribution in [0, 0.1) is 0 Å². The molecule has 0 saturated heterocycles. The van der Waals surface area contributed by atoms with Crippen LogP contribution in [0.3, 0.4) is 0 Å². The Labute approximate surface area is 156 Å². The zero-order valence-corrected chi connectivity index (χ0v) is 15.0.